The molecule has 1 aromatic heterocycles. The quantitative estimate of drug-likeness (QED) is 0.930. The molecule has 110 valence electrons. The lowest BCUT2D eigenvalue weighted by molar-refractivity contribution is 0.0299. The number of hydrogen-bond donors (Lipinski definition) is 1. The summed E-state index contributed by atoms with van der Waals surface area (Å²) in [5.41, 5.74) is 2.13. The van der Waals surface area contributed by atoms with Crippen LogP contribution < -0.4 is 4.74 Å². The van der Waals surface area contributed by atoms with Gasteiger partial charge >= 0.3 is 0 Å². The summed E-state index contributed by atoms with van der Waals surface area (Å²) in [7, 11) is 1.62. The smallest absolute Gasteiger partial charge is 0.272 e. The Morgan fingerprint density at radius 1 is 1.33 bits per heavy atom. The summed E-state index contributed by atoms with van der Waals surface area (Å²) in [6.07, 6.45) is 0. The minimum atomic E-state index is -0.0417. The number of rotatable bonds is 3. The van der Waals surface area contributed by atoms with Crippen LogP contribution in [0.1, 0.15) is 10.5 Å². The van der Waals surface area contributed by atoms with E-state index in [0.717, 1.165) is 17.0 Å². The highest BCUT2D eigenvalue weighted by Crippen LogP contribution is 2.23. The Hall–Kier alpha value is -2.34. The second kappa shape index (κ2) is 5.97. The molecule has 0 aliphatic carbocycles. The minimum Gasteiger partial charge on any atom is -0.497 e. The topological polar surface area (TPSA) is 67.4 Å². The predicted molar refractivity (Wildman–Crippen MR) is 77.3 cm³/mol. The number of hydrogen-bond acceptors (Lipinski definition) is 4. The highest BCUT2D eigenvalue weighted by molar-refractivity contribution is 5.93. The molecule has 1 fully saturated rings. The zero-order chi connectivity index (χ0) is 14.7. The number of morpholine rings is 1. The molecule has 0 unspecified atom stereocenters. The fraction of sp³-hybridized carbons (Fsp3) is 0.333. The molecule has 1 aromatic carbocycles. The molecule has 0 radical (unpaired) electrons. The zero-order valence-corrected chi connectivity index (χ0v) is 11.8. The van der Waals surface area contributed by atoms with Gasteiger partial charge in [-0.2, -0.15) is 5.10 Å². The second-order valence-corrected chi connectivity index (χ2v) is 4.80. The third kappa shape index (κ3) is 2.90. The first-order chi connectivity index (χ1) is 10.3. The van der Waals surface area contributed by atoms with E-state index >= 15 is 0 Å². The molecule has 1 amide bonds. The number of carbonyl (C=O) groups excluding carboxylic acids is 1. The van der Waals surface area contributed by atoms with Crippen molar-refractivity contribution in [1.29, 1.82) is 0 Å². The van der Waals surface area contributed by atoms with E-state index in [-0.39, 0.29) is 5.91 Å². The number of H-pyrrole nitrogens is 1. The van der Waals surface area contributed by atoms with Crippen molar-refractivity contribution in [2.24, 2.45) is 0 Å². The van der Waals surface area contributed by atoms with Crippen molar-refractivity contribution in [1.82, 2.24) is 15.1 Å². The lowest BCUT2D eigenvalue weighted by Crippen LogP contribution is -2.40. The summed E-state index contributed by atoms with van der Waals surface area (Å²) in [6.45, 7) is 2.41. The van der Waals surface area contributed by atoms with Crippen LogP contribution in [0.25, 0.3) is 11.3 Å². The summed E-state index contributed by atoms with van der Waals surface area (Å²) < 4.78 is 10.5. The van der Waals surface area contributed by atoms with Gasteiger partial charge in [-0.05, 0) is 18.2 Å². The lowest BCUT2D eigenvalue weighted by atomic mass is 10.1. The van der Waals surface area contributed by atoms with Gasteiger partial charge in [-0.1, -0.05) is 12.1 Å². The van der Waals surface area contributed by atoms with E-state index in [9.17, 15) is 4.79 Å². The van der Waals surface area contributed by atoms with Gasteiger partial charge in [0.05, 0.1) is 26.0 Å². The van der Waals surface area contributed by atoms with Crippen LogP contribution >= 0.6 is 0 Å². The van der Waals surface area contributed by atoms with Gasteiger partial charge in [0.1, 0.15) is 11.4 Å². The molecular weight excluding hydrogens is 270 g/mol. The van der Waals surface area contributed by atoms with Crippen LogP contribution in [-0.4, -0.2) is 54.4 Å². The first-order valence-electron chi connectivity index (χ1n) is 6.85. The average Bonchev–Trinajstić information content (AvgIpc) is 3.05. The summed E-state index contributed by atoms with van der Waals surface area (Å²) >= 11 is 0. The largest absolute Gasteiger partial charge is 0.497 e. The Morgan fingerprint density at radius 3 is 2.90 bits per heavy atom. The van der Waals surface area contributed by atoms with Gasteiger partial charge in [-0.3, -0.25) is 9.89 Å². The molecule has 6 heteroatoms. The molecular formula is C15H17N3O3. The molecule has 0 spiro atoms. The molecule has 0 saturated carbocycles. The van der Waals surface area contributed by atoms with E-state index in [4.69, 9.17) is 9.47 Å². The fourth-order valence-electron chi connectivity index (χ4n) is 2.30. The van der Waals surface area contributed by atoms with Gasteiger partial charge in [-0.25, -0.2) is 0 Å². The molecule has 2 aromatic rings. The van der Waals surface area contributed by atoms with Crippen LogP contribution in [0.3, 0.4) is 0 Å². The Bertz CT molecular complexity index is 633. The van der Waals surface area contributed by atoms with Crippen molar-refractivity contribution < 1.29 is 14.3 Å². The maximum atomic E-state index is 12.3. The Kier molecular flexibility index (Phi) is 3.87. The van der Waals surface area contributed by atoms with Crippen LogP contribution in [0.5, 0.6) is 5.75 Å². The molecule has 6 nitrogen and oxygen atoms in total. The number of aromatic nitrogens is 2. The Balaban J connectivity index is 1.80. The van der Waals surface area contributed by atoms with Gasteiger partial charge in [0, 0.05) is 18.7 Å². The maximum absolute atomic E-state index is 12.3. The van der Waals surface area contributed by atoms with Crippen molar-refractivity contribution in [3.63, 3.8) is 0 Å². The Morgan fingerprint density at radius 2 is 2.14 bits per heavy atom. The highest BCUT2D eigenvalue weighted by atomic mass is 16.5. The number of amides is 1. The van der Waals surface area contributed by atoms with Crippen LogP contribution in [-0.2, 0) is 4.74 Å². The molecule has 1 saturated heterocycles. The van der Waals surface area contributed by atoms with Crippen molar-refractivity contribution >= 4 is 5.91 Å². The summed E-state index contributed by atoms with van der Waals surface area (Å²) in [4.78, 5) is 14.1. The van der Waals surface area contributed by atoms with E-state index < -0.39 is 0 Å². The normalized spacial score (nSPS) is 15.0. The van der Waals surface area contributed by atoms with Gasteiger partial charge in [0.25, 0.3) is 5.91 Å². The molecule has 1 N–H and O–H groups in total. The fourth-order valence-corrected chi connectivity index (χ4v) is 2.30. The van der Waals surface area contributed by atoms with E-state index in [1.165, 1.54) is 0 Å². The number of nitrogens with one attached hydrogen (secondary N) is 1. The van der Waals surface area contributed by atoms with Crippen LogP contribution in [0.15, 0.2) is 30.3 Å². The Labute approximate surface area is 122 Å². The number of nitrogens with zero attached hydrogens (tertiary/aromatic N) is 2. The predicted octanol–water partition coefficient (Wildman–Crippen LogP) is 1.56. The van der Waals surface area contributed by atoms with Gasteiger partial charge in [0.15, 0.2) is 0 Å². The minimum absolute atomic E-state index is 0.0417. The van der Waals surface area contributed by atoms with Crippen molar-refractivity contribution in [3.05, 3.63) is 36.0 Å². The standard InChI is InChI=1S/C15H17N3O3/c1-20-12-4-2-3-11(9-12)13-10-14(17-16-13)15(19)18-5-7-21-8-6-18/h2-4,9-10H,5-8H2,1H3,(H,16,17). The van der Waals surface area contributed by atoms with Crippen LogP contribution in [0.4, 0.5) is 0 Å². The van der Waals surface area contributed by atoms with Gasteiger partial charge in [0.2, 0.25) is 0 Å². The van der Waals surface area contributed by atoms with Crippen LogP contribution in [0, 0.1) is 0 Å². The number of methoxy groups -OCH3 is 1. The van der Waals surface area contributed by atoms with E-state index in [2.05, 4.69) is 10.2 Å². The van der Waals surface area contributed by atoms with E-state index in [0.29, 0.717) is 32.0 Å². The number of carbonyl (C=O) groups is 1. The third-order valence-electron chi connectivity index (χ3n) is 3.47. The van der Waals surface area contributed by atoms with Crippen molar-refractivity contribution in [2.45, 2.75) is 0 Å². The molecule has 3 rings (SSSR count). The van der Waals surface area contributed by atoms with Gasteiger partial charge < -0.3 is 14.4 Å². The molecule has 0 bridgehead atoms. The number of aromatic amines is 1. The molecule has 0 atom stereocenters. The van der Waals surface area contributed by atoms with Crippen molar-refractivity contribution in [2.75, 3.05) is 33.4 Å². The second-order valence-electron chi connectivity index (χ2n) is 4.80. The highest BCUT2D eigenvalue weighted by Gasteiger charge is 2.20. The molecule has 21 heavy (non-hydrogen) atoms. The SMILES string of the molecule is COc1cccc(-c2cc(C(=O)N3CCOCC3)[nH]n2)c1. The molecule has 1 aliphatic rings. The van der Waals surface area contributed by atoms with E-state index in [1.807, 2.05) is 24.3 Å². The van der Waals surface area contributed by atoms with Crippen LogP contribution in [0.2, 0.25) is 0 Å². The first-order valence-corrected chi connectivity index (χ1v) is 6.85. The van der Waals surface area contributed by atoms with E-state index in [1.54, 1.807) is 18.1 Å². The first kappa shape index (κ1) is 13.6. The zero-order valence-electron chi connectivity index (χ0n) is 11.8. The average molecular weight is 287 g/mol. The summed E-state index contributed by atoms with van der Waals surface area (Å²) in [6, 6.07) is 9.36. The summed E-state index contributed by atoms with van der Waals surface area (Å²) in [5.74, 6) is 0.719. The monoisotopic (exact) mass is 287 g/mol. The maximum Gasteiger partial charge on any atom is 0.272 e. The molecule has 1 aliphatic heterocycles. The lowest BCUT2D eigenvalue weighted by Gasteiger charge is -2.26. The number of benzene rings is 1. The van der Waals surface area contributed by atoms with Gasteiger partial charge in [-0.15, -0.1) is 0 Å². The molecule has 2 heterocycles. The summed E-state index contributed by atoms with van der Waals surface area (Å²) in [5, 5.41) is 7.03. The number of ether oxygens (including phenoxy) is 2. The third-order valence-corrected chi connectivity index (χ3v) is 3.47. The van der Waals surface area contributed by atoms with Crippen molar-refractivity contribution in [3.8, 4) is 17.0 Å².